The summed E-state index contributed by atoms with van der Waals surface area (Å²) in [6, 6.07) is 15.1. The van der Waals surface area contributed by atoms with E-state index in [4.69, 9.17) is 9.47 Å². The molecular weight excluding hydrogens is 448 g/mol. The van der Waals surface area contributed by atoms with Crippen molar-refractivity contribution in [1.29, 1.82) is 0 Å². The highest BCUT2D eigenvalue weighted by Gasteiger charge is 2.17. The van der Waals surface area contributed by atoms with Crippen LogP contribution in [0.4, 0.5) is 10.6 Å². The third-order valence-corrected chi connectivity index (χ3v) is 4.99. The molecule has 0 atom stereocenters. The molecule has 1 amide bonds. The van der Waals surface area contributed by atoms with Crippen LogP contribution in [0, 0.1) is 6.92 Å². The van der Waals surface area contributed by atoms with E-state index in [1.54, 1.807) is 63.4 Å². The molecule has 0 fully saturated rings. The summed E-state index contributed by atoms with van der Waals surface area (Å²) in [5.41, 5.74) is 2.09. The number of Topliss-reactive ketones (excluding diaryl/α,β-unsaturated/α-hetero) is 1. The second-order valence-corrected chi connectivity index (χ2v) is 9.07. The Balaban J connectivity index is 1.48. The number of amides is 1. The van der Waals surface area contributed by atoms with Gasteiger partial charge in [0.2, 0.25) is 5.88 Å². The van der Waals surface area contributed by atoms with Gasteiger partial charge in [-0.1, -0.05) is 18.2 Å². The topological polar surface area (TPSA) is 115 Å². The van der Waals surface area contributed by atoms with Crippen molar-refractivity contribution >= 4 is 23.3 Å². The predicted octanol–water partition coefficient (Wildman–Crippen LogP) is 5.31. The second-order valence-electron chi connectivity index (χ2n) is 9.07. The van der Waals surface area contributed by atoms with E-state index in [0.29, 0.717) is 28.7 Å². The van der Waals surface area contributed by atoms with Gasteiger partial charge in [-0.15, -0.1) is 5.10 Å². The van der Waals surface area contributed by atoms with Crippen molar-refractivity contribution in [1.82, 2.24) is 14.6 Å². The molecule has 0 saturated heterocycles. The van der Waals surface area contributed by atoms with Crippen molar-refractivity contribution in [3.63, 3.8) is 0 Å². The molecule has 9 nitrogen and oxygen atoms in total. The Labute approximate surface area is 202 Å². The minimum absolute atomic E-state index is 0.0510. The van der Waals surface area contributed by atoms with Gasteiger partial charge in [0.15, 0.2) is 17.2 Å². The highest BCUT2D eigenvalue weighted by atomic mass is 16.6. The molecule has 2 N–H and O–H groups in total. The van der Waals surface area contributed by atoms with Gasteiger partial charge in [0.25, 0.3) is 0 Å². The van der Waals surface area contributed by atoms with Crippen LogP contribution in [-0.4, -0.2) is 37.2 Å². The first-order valence-electron chi connectivity index (χ1n) is 11.0. The normalized spacial score (nSPS) is 11.3. The number of fused-ring (bicyclic) bond motifs is 1. The van der Waals surface area contributed by atoms with Crippen LogP contribution in [0.2, 0.25) is 0 Å². The van der Waals surface area contributed by atoms with Crippen LogP contribution in [0.15, 0.2) is 60.8 Å². The Morgan fingerprint density at radius 3 is 2.63 bits per heavy atom. The number of ketones is 1. The lowest BCUT2D eigenvalue weighted by molar-refractivity contribution is 0.0635. The number of phenolic OH excluding ortho intramolecular Hbond substituents is 1. The monoisotopic (exact) mass is 474 g/mol. The van der Waals surface area contributed by atoms with E-state index in [1.165, 1.54) is 16.6 Å². The summed E-state index contributed by atoms with van der Waals surface area (Å²) in [5, 5.41) is 16.6. The van der Waals surface area contributed by atoms with Crippen molar-refractivity contribution in [2.24, 2.45) is 0 Å². The fourth-order valence-electron chi connectivity index (χ4n) is 3.36. The van der Waals surface area contributed by atoms with E-state index in [1.807, 2.05) is 13.0 Å². The molecule has 0 unspecified atom stereocenters. The van der Waals surface area contributed by atoms with Crippen LogP contribution >= 0.6 is 0 Å². The molecule has 2 aromatic carbocycles. The largest absolute Gasteiger partial charge is 0.508 e. The zero-order chi connectivity index (χ0) is 25.2. The first-order valence-corrected chi connectivity index (χ1v) is 11.0. The van der Waals surface area contributed by atoms with E-state index in [2.05, 4.69) is 15.4 Å². The number of rotatable bonds is 6. The second kappa shape index (κ2) is 9.46. The van der Waals surface area contributed by atoms with Crippen LogP contribution in [0.1, 0.15) is 42.3 Å². The summed E-state index contributed by atoms with van der Waals surface area (Å²) < 4.78 is 12.7. The number of aromatic nitrogens is 3. The number of hydrogen-bond acceptors (Lipinski definition) is 7. The SMILES string of the molecule is Cc1ccc(Oc2ccc3nc(NC(=O)OC(C)(C)C)cn3n2)cc1CC(=O)c1cccc(O)c1. The Hall–Kier alpha value is -4.40. The molecule has 0 spiro atoms. The molecule has 0 aliphatic carbocycles. The third-order valence-electron chi connectivity index (χ3n) is 4.99. The molecule has 0 bridgehead atoms. The zero-order valence-electron chi connectivity index (χ0n) is 19.9. The molecular formula is C26H26N4O5. The van der Waals surface area contributed by atoms with Crippen LogP contribution in [0.5, 0.6) is 17.4 Å². The van der Waals surface area contributed by atoms with Gasteiger partial charge in [-0.25, -0.2) is 14.3 Å². The maximum absolute atomic E-state index is 12.7. The maximum Gasteiger partial charge on any atom is 0.413 e. The molecule has 4 aromatic rings. The molecule has 2 heterocycles. The van der Waals surface area contributed by atoms with Gasteiger partial charge in [-0.05, 0) is 69.2 Å². The summed E-state index contributed by atoms with van der Waals surface area (Å²) in [5.74, 6) is 1.08. The van der Waals surface area contributed by atoms with Gasteiger partial charge in [-0.3, -0.25) is 10.1 Å². The minimum atomic E-state index is -0.622. The van der Waals surface area contributed by atoms with Crippen molar-refractivity contribution < 1.29 is 24.2 Å². The number of phenols is 1. The molecule has 0 radical (unpaired) electrons. The average Bonchev–Trinajstić information content (AvgIpc) is 3.16. The number of imidazole rings is 1. The highest BCUT2D eigenvalue weighted by molar-refractivity contribution is 5.98. The van der Waals surface area contributed by atoms with E-state index in [0.717, 1.165) is 11.1 Å². The molecule has 9 heteroatoms. The van der Waals surface area contributed by atoms with Crippen molar-refractivity contribution in [2.45, 2.75) is 39.7 Å². The number of aromatic hydroxyl groups is 1. The number of carbonyl (C=O) groups is 2. The molecule has 0 aliphatic rings. The van der Waals surface area contributed by atoms with Crippen molar-refractivity contribution in [3.8, 4) is 17.4 Å². The Morgan fingerprint density at radius 1 is 1.09 bits per heavy atom. The number of aryl methyl sites for hydroxylation is 1. The molecule has 0 aliphatic heterocycles. The average molecular weight is 475 g/mol. The molecule has 0 saturated carbocycles. The van der Waals surface area contributed by atoms with E-state index < -0.39 is 11.7 Å². The lowest BCUT2D eigenvalue weighted by atomic mass is 9.99. The van der Waals surface area contributed by atoms with Crippen molar-refractivity contribution in [2.75, 3.05) is 5.32 Å². The molecule has 35 heavy (non-hydrogen) atoms. The number of carbonyl (C=O) groups excluding carboxylic acids is 2. The standard InChI is InChI=1S/C26H26N4O5/c1-16-8-9-20(13-18(16)14-21(32)17-6-5-7-19(31)12-17)34-24-11-10-23-27-22(15-30(23)29-24)28-25(33)35-26(2,3)4/h5-13,15,31H,14H2,1-4H3,(H,28,33). The van der Waals surface area contributed by atoms with Gasteiger partial charge in [-0.2, -0.15) is 0 Å². The first kappa shape index (κ1) is 23.7. The van der Waals surface area contributed by atoms with E-state index in [-0.39, 0.29) is 18.0 Å². The summed E-state index contributed by atoms with van der Waals surface area (Å²) in [6.07, 6.45) is 1.12. The van der Waals surface area contributed by atoms with Gasteiger partial charge in [0.05, 0.1) is 6.20 Å². The number of benzene rings is 2. The number of ether oxygens (including phenoxy) is 2. The number of anilines is 1. The maximum atomic E-state index is 12.7. The van der Waals surface area contributed by atoms with E-state index in [9.17, 15) is 14.7 Å². The molecule has 4 rings (SSSR count). The summed E-state index contributed by atoms with van der Waals surface area (Å²) in [7, 11) is 0. The fourth-order valence-corrected chi connectivity index (χ4v) is 3.36. The highest BCUT2D eigenvalue weighted by Crippen LogP contribution is 2.25. The van der Waals surface area contributed by atoms with Crippen LogP contribution in [0.3, 0.4) is 0 Å². The Bertz CT molecular complexity index is 1400. The number of nitrogens with zero attached hydrogens (tertiary/aromatic N) is 3. The summed E-state index contributed by atoms with van der Waals surface area (Å²) in [4.78, 5) is 29.0. The van der Waals surface area contributed by atoms with Gasteiger partial charge < -0.3 is 14.6 Å². The quantitative estimate of drug-likeness (QED) is 0.364. The van der Waals surface area contributed by atoms with Crippen LogP contribution in [0.25, 0.3) is 5.65 Å². The van der Waals surface area contributed by atoms with Crippen LogP contribution in [-0.2, 0) is 11.2 Å². The van der Waals surface area contributed by atoms with Gasteiger partial charge in [0.1, 0.15) is 17.1 Å². The van der Waals surface area contributed by atoms with E-state index >= 15 is 0 Å². The molecule has 180 valence electrons. The first-order chi connectivity index (χ1) is 16.6. The lowest BCUT2D eigenvalue weighted by Crippen LogP contribution is -2.27. The molecule has 2 aromatic heterocycles. The third kappa shape index (κ3) is 6.14. The Morgan fingerprint density at radius 2 is 1.89 bits per heavy atom. The van der Waals surface area contributed by atoms with Crippen molar-refractivity contribution in [3.05, 3.63) is 77.5 Å². The van der Waals surface area contributed by atoms with Crippen LogP contribution < -0.4 is 10.1 Å². The number of hydrogen-bond donors (Lipinski definition) is 2. The fraction of sp³-hybridized carbons (Fsp3) is 0.231. The number of nitrogens with one attached hydrogen (secondary N) is 1. The predicted molar refractivity (Wildman–Crippen MR) is 130 cm³/mol. The zero-order valence-corrected chi connectivity index (χ0v) is 19.9. The Kier molecular flexibility index (Phi) is 6.42. The lowest BCUT2D eigenvalue weighted by Gasteiger charge is -2.18. The van der Waals surface area contributed by atoms with Gasteiger partial charge in [0, 0.05) is 18.1 Å². The smallest absolute Gasteiger partial charge is 0.413 e. The summed E-state index contributed by atoms with van der Waals surface area (Å²) in [6.45, 7) is 7.25. The van der Waals surface area contributed by atoms with Gasteiger partial charge >= 0.3 is 6.09 Å². The summed E-state index contributed by atoms with van der Waals surface area (Å²) >= 11 is 0. The minimum Gasteiger partial charge on any atom is -0.508 e.